The van der Waals surface area contributed by atoms with Crippen LogP contribution in [-0.4, -0.2) is 19.4 Å². The Morgan fingerprint density at radius 1 is 0.846 bits per heavy atom. The lowest BCUT2D eigenvalue weighted by molar-refractivity contribution is 0.577. The average Bonchev–Trinajstić information content (AvgIpc) is 3.00. The van der Waals surface area contributed by atoms with Crippen LogP contribution in [0.2, 0.25) is 0 Å². The van der Waals surface area contributed by atoms with Gasteiger partial charge in [0.2, 0.25) is 0 Å². The van der Waals surface area contributed by atoms with Crippen molar-refractivity contribution in [1.82, 2.24) is 0 Å². The fourth-order valence-corrected chi connectivity index (χ4v) is 4.92. The summed E-state index contributed by atoms with van der Waals surface area (Å²) in [6, 6.07) is 15.4. The maximum Gasteiger partial charge on any atom is 0.152 e. The Kier molecular flexibility index (Phi) is 6.18. The van der Waals surface area contributed by atoms with Crippen LogP contribution in [0.3, 0.4) is 0 Å². The highest BCUT2D eigenvalue weighted by molar-refractivity contribution is 7.91. The van der Waals surface area contributed by atoms with Crippen LogP contribution in [0.1, 0.15) is 62.6 Å². The van der Waals surface area contributed by atoms with Gasteiger partial charge in [-0.25, -0.2) is 8.42 Å². The minimum Gasteiger partial charge on any atom is -0.229 e. The number of rotatable bonds is 9. The Morgan fingerprint density at radius 3 is 2.35 bits per heavy atom. The van der Waals surface area contributed by atoms with Crippen LogP contribution < -0.4 is 0 Å². The van der Waals surface area contributed by atoms with E-state index in [1.165, 1.54) is 40.7 Å². The molecule has 2 aromatic carbocycles. The second-order valence-corrected chi connectivity index (χ2v) is 10.4. The lowest BCUT2D eigenvalue weighted by atomic mass is 9.97. The molecule has 0 amide bonds. The molecule has 0 aromatic heterocycles. The summed E-state index contributed by atoms with van der Waals surface area (Å²) >= 11 is 0. The zero-order valence-electron chi connectivity index (χ0n) is 16.0. The summed E-state index contributed by atoms with van der Waals surface area (Å²) in [6.07, 6.45) is 7.50. The zero-order chi connectivity index (χ0) is 18.6. The summed E-state index contributed by atoms with van der Waals surface area (Å²) in [5.74, 6) is 0.342. The monoisotopic (exact) mass is 370 g/mol. The van der Waals surface area contributed by atoms with Gasteiger partial charge in [0.05, 0.1) is 11.0 Å². The molecule has 0 fully saturated rings. The van der Waals surface area contributed by atoms with Gasteiger partial charge < -0.3 is 0 Å². The third-order valence-electron chi connectivity index (χ3n) is 5.54. The van der Waals surface area contributed by atoms with Crippen LogP contribution in [0, 0.1) is 0 Å². The maximum absolute atomic E-state index is 11.8. The third kappa shape index (κ3) is 4.37. The summed E-state index contributed by atoms with van der Waals surface area (Å²) in [5, 5.41) is -0.244. The molecule has 0 heterocycles. The first-order valence-corrected chi connectivity index (χ1v) is 11.6. The summed E-state index contributed by atoms with van der Waals surface area (Å²) in [6.45, 7) is 3.54. The van der Waals surface area contributed by atoms with Crippen molar-refractivity contribution in [2.24, 2.45) is 0 Å². The van der Waals surface area contributed by atoms with E-state index in [2.05, 4.69) is 42.5 Å². The van der Waals surface area contributed by atoms with E-state index in [9.17, 15) is 8.42 Å². The predicted molar refractivity (Wildman–Crippen MR) is 110 cm³/mol. The molecule has 0 spiro atoms. The second-order valence-electron chi connectivity index (χ2n) is 7.71. The first-order chi connectivity index (χ1) is 12.5. The van der Waals surface area contributed by atoms with Crippen molar-refractivity contribution in [3.05, 3.63) is 59.2 Å². The summed E-state index contributed by atoms with van der Waals surface area (Å²) < 4.78 is 23.6. The largest absolute Gasteiger partial charge is 0.229 e. The van der Waals surface area contributed by atoms with Crippen LogP contribution in [0.4, 0.5) is 0 Å². The number of aryl methyl sites for hydroxylation is 1. The van der Waals surface area contributed by atoms with Crippen molar-refractivity contribution in [3.8, 4) is 11.1 Å². The Labute approximate surface area is 158 Å². The van der Waals surface area contributed by atoms with E-state index in [1.54, 1.807) is 13.8 Å². The quantitative estimate of drug-likeness (QED) is 0.461. The molecule has 3 heteroatoms. The molecule has 0 N–H and O–H groups in total. The van der Waals surface area contributed by atoms with Crippen molar-refractivity contribution in [2.45, 2.75) is 64.0 Å². The Morgan fingerprint density at radius 2 is 1.54 bits per heavy atom. The molecule has 0 atom stereocenters. The normalized spacial score (nSPS) is 13.0. The van der Waals surface area contributed by atoms with Gasteiger partial charge >= 0.3 is 0 Å². The van der Waals surface area contributed by atoms with E-state index >= 15 is 0 Å². The number of hydrogen-bond donors (Lipinski definition) is 0. The maximum atomic E-state index is 11.8. The van der Waals surface area contributed by atoms with Gasteiger partial charge in [-0.3, -0.25) is 0 Å². The molecule has 0 unspecified atom stereocenters. The zero-order valence-corrected chi connectivity index (χ0v) is 16.8. The van der Waals surface area contributed by atoms with Gasteiger partial charge in [-0.1, -0.05) is 61.7 Å². The molecular weight excluding hydrogens is 340 g/mol. The van der Waals surface area contributed by atoms with E-state index in [0.29, 0.717) is 5.75 Å². The highest BCUT2D eigenvalue weighted by atomic mass is 32.2. The molecule has 1 aliphatic carbocycles. The first kappa shape index (κ1) is 19.2. The van der Waals surface area contributed by atoms with Gasteiger partial charge in [0, 0.05) is 0 Å². The molecular formula is C23H30O2S. The molecule has 26 heavy (non-hydrogen) atoms. The van der Waals surface area contributed by atoms with Crippen LogP contribution in [0.15, 0.2) is 42.5 Å². The van der Waals surface area contributed by atoms with Crippen LogP contribution in [0.25, 0.3) is 11.1 Å². The Bertz CT molecular complexity index is 850. The molecule has 0 aliphatic heterocycles. The minimum absolute atomic E-state index is 0.244. The minimum atomic E-state index is -2.87. The molecule has 0 saturated heterocycles. The molecule has 0 saturated carbocycles. The summed E-state index contributed by atoms with van der Waals surface area (Å²) in [4.78, 5) is 0. The van der Waals surface area contributed by atoms with Gasteiger partial charge in [-0.15, -0.1) is 0 Å². The van der Waals surface area contributed by atoms with Crippen molar-refractivity contribution in [1.29, 1.82) is 0 Å². The van der Waals surface area contributed by atoms with Gasteiger partial charge in [-0.05, 0) is 67.3 Å². The number of unbranched alkanes of at least 4 members (excludes halogenated alkanes) is 4. The lowest BCUT2D eigenvalue weighted by Crippen LogP contribution is -2.17. The van der Waals surface area contributed by atoms with Crippen molar-refractivity contribution in [2.75, 3.05) is 5.75 Å². The Hall–Kier alpha value is -1.61. The van der Waals surface area contributed by atoms with E-state index in [1.807, 2.05) is 0 Å². The van der Waals surface area contributed by atoms with Crippen molar-refractivity contribution < 1.29 is 8.42 Å². The van der Waals surface area contributed by atoms with E-state index in [4.69, 9.17) is 0 Å². The molecule has 2 nitrogen and oxygen atoms in total. The van der Waals surface area contributed by atoms with Crippen LogP contribution >= 0.6 is 0 Å². The van der Waals surface area contributed by atoms with E-state index in [-0.39, 0.29) is 5.25 Å². The highest BCUT2D eigenvalue weighted by Crippen LogP contribution is 2.38. The van der Waals surface area contributed by atoms with Gasteiger partial charge in [-0.2, -0.15) is 0 Å². The van der Waals surface area contributed by atoms with Gasteiger partial charge in [0.25, 0.3) is 0 Å². The van der Waals surface area contributed by atoms with E-state index in [0.717, 1.165) is 32.1 Å². The summed E-state index contributed by atoms with van der Waals surface area (Å²) in [7, 11) is -2.87. The van der Waals surface area contributed by atoms with Crippen LogP contribution in [0.5, 0.6) is 0 Å². The Balaban J connectivity index is 1.45. The van der Waals surface area contributed by atoms with Gasteiger partial charge in [0.1, 0.15) is 0 Å². The average molecular weight is 371 g/mol. The number of sulfone groups is 1. The number of benzene rings is 2. The first-order valence-electron chi connectivity index (χ1n) is 9.89. The molecule has 0 bridgehead atoms. The molecule has 3 rings (SSSR count). The standard InChI is InChI=1S/C23H30O2S/c1-18(2)26(24,25)16-9-5-3-4-6-11-19-13-10-15-22-21-14-8-7-12-20(21)17-23(19)22/h7-8,10,12-15,18H,3-6,9,11,16-17H2,1-2H3. The van der Waals surface area contributed by atoms with E-state index < -0.39 is 9.84 Å². The molecule has 1 aliphatic rings. The fraction of sp³-hybridized carbons (Fsp3) is 0.478. The van der Waals surface area contributed by atoms with Crippen molar-refractivity contribution >= 4 is 9.84 Å². The molecule has 140 valence electrons. The van der Waals surface area contributed by atoms with Gasteiger partial charge in [0.15, 0.2) is 9.84 Å². The smallest absolute Gasteiger partial charge is 0.152 e. The van der Waals surface area contributed by atoms with Crippen molar-refractivity contribution in [3.63, 3.8) is 0 Å². The summed E-state index contributed by atoms with van der Waals surface area (Å²) in [5.41, 5.74) is 7.26. The third-order valence-corrected chi connectivity index (χ3v) is 7.84. The SMILES string of the molecule is CC(C)S(=O)(=O)CCCCCCCc1cccc2c1Cc1ccccc1-2. The van der Waals surface area contributed by atoms with Crippen LogP contribution in [-0.2, 0) is 22.7 Å². The second kappa shape index (κ2) is 8.39. The number of hydrogen-bond acceptors (Lipinski definition) is 2. The molecule has 0 radical (unpaired) electrons. The molecule has 2 aromatic rings. The highest BCUT2D eigenvalue weighted by Gasteiger charge is 2.20. The lowest BCUT2D eigenvalue weighted by Gasteiger charge is -2.09. The number of fused-ring (bicyclic) bond motifs is 3. The topological polar surface area (TPSA) is 34.1 Å². The fourth-order valence-electron chi connectivity index (χ4n) is 3.84. The predicted octanol–water partition coefficient (Wildman–Crippen LogP) is 5.57.